The predicted molar refractivity (Wildman–Crippen MR) is 182 cm³/mol. The maximum Gasteiger partial charge on any atom is 0.261 e. The average Bonchev–Trinajstić information content (AvgIpc) is 3.05. The lowest BCUT2D eigenvalue weighted by molar-refractivity contribution is -0.147. The van der Waals surface area contributed by atoms with Gasteiger partial charge in [-0.3, -0.25) is 9.59 Å². The Kier molecular flexibility index (Phi) is 9.67. The van der Waals surface area contributed by atoms with E-state index in [0.717, 1.165) is 15.9 Å². The molecule has 0 saturated heterocycles. The molecule has 46 heavy (non-hydrogen) atoms. The Bertz CT molecular complexity index is 1630. The number of methoxy groups -OCH3 is 2. The predicted octanol–water partition coefficient (Wildman–Crippen LogP) is 5.36. The summed E-state index contributed by atoms with van der Waals surface area (Å²) in [4.78, 5) is 27.9. The number of rotatable bonds is 10. The van der Waals surface area contributed by atoms with Gasteiger partial charge >= 0.3 is 0 Å². The first-order chi connectivity index (χ1) is 22.0. The lowest BCUT2D eigenvalue weighted by atomic mass is 9.88. The molecule has 0 bridgehead atoms. The Balaban J connectivity index is 1.70. The number of anilines is 1. The van der Waals surface area contributed by atoms with Gasteiger partial charge in [0.25, 0.3) is 14.2 Å². The lowest BCUT2D eigenvalue weighted by Crippen LogP contribution is -2.67. The van der Waals surface area contributed by atoms with Crippen LogP contribution in [0.1, 0.15) is 56.5 Å². The maximum absolute atomic E-state index is 14.0. The van der Waals surface area contributed by atoms with Gasteiger partial charge in [0.15, 0.2) is 6.10 Å². The highest BCUT2D eigenvalue weighted by Crippen LogP contribution is 2.46. The molecule has 0 aliphatic carbocycles. The molecule has 1 unspecified atom stereocenters. The van der Waals surface area contributed by atoms with Crippen LogP contribution in [-0.2, 0) is 20.6 Å². The molecule has 0 aromatic heterocycles. The van der Waals surface area contributed by atoms with Gasteiger partial charge in [-0.2, -0.15) is 0 Å². The van der Waals surface area contributed by atoms with Crippen LogP contribution < -0.4 is 25.2 Å². The molecular weight excluding hydrogens is 597 g/mol. The van der Waals surface area contributed by atoms with Gasteiger partial charge in [-0.05, 0) is 44.7 Å². The van der Waals surface area contributed by atoms with E-state index in [1.807, 2.05) is 60.7 Å². The Morgan fingerprint density at radius 3 is 1.96 bits per heavy atom. The third kappa shape index (κ3) is 6.18. The fraction of sp³-hybridized carbons (Fsp3) is 0.297. The highest BCUT2D eigenvalue weighted by atomic mass is 28.4. The molecule has 8 nitrogen and oxygen atoms in total. The van der Waals surface area contributed by atoms with Crippen LogP contribution >= 0.6 is 0 Å². The number of aliphatic hydroxyl groups excluding tert-OH is 1. The Labute approximate surface area is 272 Å². The smallest absolute Gasteiger partial charge is 0.261 e. The number of hydrogen-bond donors (Lipinski definition) is 2. The van der Waals surface area contributed by atoms with Crippen molar-refractivity contribution in [2.75, 3.05) is 26.1 Å². The van der Waals surface area contributed by atoms with Crippen molar-refractivity contribution in [3.63, 3.8) is 0 Å². The van der Waals surface area contributed by atoms with Crippen molar-refractivity contribution in [1.29, 1.82) is 0 Å². The number of hydrogen-bond acceptors (Lipinski definition) is 6. The van der Waals surface area contributed by atoms with E-state index < -0.39 is 26.4 Å². The zero-order chi connectivity index (χ0) is 33.1. The summed E-state index contributed by atoms with van der Waals surface area (Å²) in [5, 5.41) is 16.2. The van der Waals surface area contributed by atoms with Crippen LogP contribution in [0.4, 0.5) is 5.69 Å². The third-order valence-corrected chi connectivity index (χ3v) is 13.7. The van der Waals surface area contributed by atoms with E-state index in [9.17, 15) is 14.7 Å². The zero-order valence-corrected chi connectivity index (χ0v) is 28.2. The standard InChI is InChI=1S/C37H42N2O6Si/c1-25(40)38-31-22-21-30-33(35(31)44-6)32(39(36(42)34(30)41)23-26-17-19-27(43-5)20-18-26)24-45-46(37(2,3)4,28-13-9-7-10-14-28)29-15-11-8-12-16-29/h7-22,32,34,41H,23-24H2,1-6H3,(H,38,40)/t32-,34?/m0/s1. The summed E-state index contributed by atoms with van der Waals surface area (Å²) < 4.78 is 18.6. The molecule has 0 radical (unpaired) electrons. The first-order valence-electron chi connectivity index (χ1n) is 15.4. The second-order valence-electron chi connectivity index (χ2n) is 12.5. The Morgan fingerprint density at radius 2 is 1.46 bits per heavy atom. The summed E-state index contributed by atoms with van der Waals surface area (Å²) in [6.45, 7) is 8.36. The summed E-state index contributed by atoms with van der Waals surface area (Å²) in [6, 6.07) is 30.8. The monoisotopic (exact) mass is 638 g/mol. The van der Waals surface area contributed by atoms with Crippen molar-refractivity contribution in [3.05, 3.63) is 114 Å². The number of aliphatic hydroxyl groups is 1. The molecule has 4 aromatic carbocycles. The second-order valence-corrected chi connectivity index (χ2v) is 16.8. The molecule has 1 aliphatic rings. The SMILES string of the molecule is COc1ccc(CN2C(=O)C(O)c3ccc(NC(C)=O)c(OC)c3[C@@H]2CO[Si](c2ccccc2)(c2ccccc2)C(C)(C)C)cc1. The van der Waals surface area contributed by atoms with Crippen molar-refractivity contribution in [3.8, 4) is 11.5 Å². The fourth-order valence-electron chi connectivity index (χ4n) is 6.56. The van der Waals surface area contributed by atoms with E-state index in [1.165, 1.54) is 14.0 Å². The number of nitrogens with one attached hydrogen (secondary N) is 1. The molecule has 0 saturated carbocycles. The van der Waals surface area contributed by atoms with Gasteiger partial charge in [-0.25, -0.2) is 0 Å². The normalized spacial score (nSPS) is 16.5. The molecule has 4 aromatic rings. The maximum atomic E-state index is 14.0. The minimum atomic E-state index is -3.02. The molecule has 0 fully saturated rings. The second kappa shape index (κ2) is 13.5. The van der Waals surface area contributed by atoms with Gasteiger partial charge in [0.05, 0.1) is 32.6 Å². The van der Waals surface area contributed by atoms with Gasteiger partial charge in [-0.15, -0.1) is 0 Å². The van der Waals surface area contributed by atoms with Gasteiger partial charge in [0, 0.05) is 19.0 Å². The number of nitrogens with zero attached hydrogens (tertiary/aromatic N) is 1. The van der Waals surface area contributed by atoms with E-state index in [2.05, 4.69) is 50.4 Å². The van der Waals surface area contributed by atoms with Gasteiger partial charge < -0.3 is 29.2 Å². The molecule has 0 spiro atoms. The van der Waals surface area contributed by atoms with Crippen molar-refractivity contribution in [2.45, 2.75) is 51.4 Å². The average molecular weight is 639 g/mol. The van der Waals surface area contributed by atoms with Crippen molar-refractivity contribution >= 4 is 36.2 Å². The highest BCUT2D eigenvalue weighted by Gasteiger charge is 2.51. The van der Waals surface area contributed by atoms with Crippen molar-refractivity contribution in [2.24, 2.45) is 0 Å². The zero-order valence-electron chi connectivity index (χ0n) is 27.2. The fourth-order valence-corrected chi connectivity index (χ4v) is 11.1. The summed E-state index contributed by atoms with van der Waals surface area (Å²) in [6.07, 6.45) is -1.42. The minimum Gasteiger partial charge on any atom is -0.497 e. The molecular formula is C37H42N2O6Si. The molecule has 1 heterocycles. The van der Waals surface area contributed by atoms with Gasteiger partial charge in [0.1, 0.15) is 11.5 Å². The van der Waals surface area contributed by atoms with Crippen LogP contribution in [0.25, 0.3) is 0 Å². The largest absolute Gasteiger partial charge is 0.497 e. The van der Waals surface area contributed by atoms with E-state index in [-0.39, 0.29) is 24.1 Å². The van der Waals surface area contributed by atoms with Crippen molar-refractivity contribution < 1.29 is 28.6 Å². The van der Waals surface area contributed by atoms with E-state index in [1.54, 1.807) is 24.1 Å². The molecule has 2 atom stereocenters. The first-order valence-corrected chi connectivity index (χ1v) is 17.3. The molecule has 2 N–H and O–H groups in total. The third-order valence-electron chi connectivity index (χ3n) is 8.65. The lowest BCUT2D eigenvalue weighted by Gasteiger charge is -2.46. The van der Waals surface area contributed by atoms with Crippen LogP contribution in [-0.4, -0.2) is 51.0 Å². The van der Waals surface area contributed by atoms with Crippen molar-refractivity contribution in [1.82, 2.24) is 4.90 Å². The molecule has 1 aliphatic heterocycles. The Morgan fingerprint density at radius 1 is 0.870 bits per heavy atom. The van der Waals surface area contributed by atoms with Crippen LogP contribution in [0, 0.1) is 0 Å². The number of carbonyl (C=O) groups is 2. The van der Waals surface area contributed by atoms with Crippen LogP contribution in [0.3, 0.4) is 0 Å². The molecule has 2 amide bonds. The quantitative estimate of drug-likeness (QED) is 0.227. The first kappa shape index (κ1) is 32.9. The van der Waals surface area contributed by atoms with Crippen LogP contribution in [0.5, 0.6) is 11.5 Å². The van der Waals surface area contributed by atoms with Crippen LogP contribution in [0.2, 0.25) is 5.04 Å². The van der Waals surface area contributed by atoms with E-state index in [4.69, 9.17) is 13.9 Å². The molecule has 5 rings (SSSR count). The number of ether oxygens (including phenoxy) is 2. The number of benzene rings is 4. The van der Waals surface area contributed by atoms with Gasteiger partial charge in [-0.1, -0.05) is 99.6 Å². The van der Waals surface area contributed by atoms with E-state index >= 15 is 0 Å². The minimum absolute atomic E-state index is 0.120. The molecule has 240 valence electrons. The molecule has 9 heteroatoms. The number of fused-ring (bicyclic) bond motifs is 1. The number of carbonyl (C=O) groups excluding carboxylic acids is 2. The summed E-state index contributed by atoms with van der Waals surface area (Å²) in [7, 11) is 0.108. The summed E-state index contributed by atoms with van der Waals surface area (Å²) >= 11 is 0. The summed E-state index contributed by atoms with van der Waals surface area (Å²) in [5.74, 6) is 0.386. The Hall–Kier alpha value is -4.44. The summed E-state index contributed by atoms with van der Waals surface area (Å²) in [5.41, 5.74) is 2.35. The van der Waals surface area contributed by atoms with Crippen LogP contribution in [0.15, 0.2) is 97.1 Å². The van der Waals surface area contributed by atoms with Gasteiger partial charge in [0.2, 0.25) is 5.91 Å². The number of amides is 2. The topological polar surface area (TPSA) is 97.3 Å². The highest BCUT2D eigenvalue weighted by molar-refractivity contribution is 6.99. The van der Waals surface area contributed by atoms with E-state index in [0.29, 0.717) is 28.3 Å².